The first kappa shape index (κ1) is 18.6. The topological polar surface area (TPSA) is 58.3 Å². The van der Waals surface area contributed by atoms with Gasteiger partial charge in [-0.3, -0.25) is 9.98 Å². The van der Waals surface area contributed by atoms with E-state index in [-0.39, 0.29) is 0 Å². The van der Waals surface area contributed by atoms with Gasteiger partial charge in [-0.2, -0.15) is 5.10 Å². The second-order valence-corrected chi connectivity index (χ2v) is 6.51. The summed E-state index contributed by atoms with van der Waals surface area (Å²) in [5, 5.41) is 7.89. The number of aliphatic imine (C=N–C) groups is 1. The Kier molecular flexibility index (Phi) is 6.20. The molecule has 0 radical (unpaired) electrons. The molecule has 0 saturated heterocycles. The summed E-state index contributed by atoms with van der Waals surface area (Å²) in [5.74, 6) is 0.870. The van der Waals surface area contributed by atoms with Crippen LogP contribution < -0.4 is 5.32 Å². The summed E-state index contributed by atoms with van der Waals surface area (Å²) in [6, 6.07) is 12.2. The molecule has 6 heteroatoms. The van der Waals surface area contributed by atoms with Crippen LogP contribution in [0.5, 0.6) is 0 Å². The molecule has 0 aliphatic rings. The Hall–Kier alpha value is -3.15. The van der Waals surface area contributed by atoms with Crippen molar-refractivity contribution >= 4 is 5.96 Å². The fourth-order valence-electron chi connectivity index (χ4n) is 2.99. The fraction of sp³-hybridized carbons (Fsp3) is 0.286. The number of para-hydroxylation sites is 1. The summed E-state index contributed by atoms with van der Waals surface area (Å²) in [5.41, 5.74) is 4.71. The molecule has 0 bridgehead atoms. The van der Waals surface area contributed by atoms with Crippen molar-refractivity contribution in [2.45, 2.75) is 19.9 Å². The predicted molar refractivity (Wildman–Crippen MR) is 109 cm³/mol. The third kappa shape index (κ3) is 4.94. The molecule has 0 aliphatic heterocycles. The van der Waals surface area contributed by atoms with E-state index in [4.69, 9.17) is 0 Å². The Bertz CT molecular complexity index is 884. The standard InChI is InChI=1S/C21H26N6/c1-17-13-23-11-9-19(17)10-12-24-21(22-2)26(3)15-18-14-25-27(16-18)20-7-5-4-6-8-20/h4-9,11,13-14,16H,10,12,15H2,1-3H3,(H,22,24). The Morgan fingerprint density at radius 3 is 2.74 bits per heavy atom. The molecule has 0 saturated carbocycles. The molecule has 3 aromatic rings. The molecule has 0 fully saturated rings. The summed E-state index contributed by atoms with van der Waals surface area (Å²) in [6.45, 7) is 3.65. The highest BCUT2D eigenvalue weighted by atomic mass is 15.3. The number of rotatable bonds is 6. The van der Waals surface area contributed by atoms with Crippen molar-refractivity contribution < 1.29 is 0 Å². The number of pyridine rings is 1. The Morgan fingerprint density at radius 1 is 1.19 bits per heavy atom. The van der Waals surface area contributed by atoms with Crippen LogP contribution in [0.3, 0.4) is 0 Å². The van der Waals surface area contributed by atoms with Crippen molar-refractivity contribution in [3.05, 3.63) is 77.9 Å². The second-order valence-electron chi connectivity index (χ2n) is 6.51. The van der Waals surface area contributed by atoms with Gasteiger partial charge in [-0.25, -0.2) is 4.68 Å². The molecule has 3 rings (SSSR count). The van der Waals surface area contributed by atoms with Gasteiger partial charge in [-0.15, -0.1) is 0 Å². The van der Waals surface area contributed by atoms with Crippen LogP contribution in [0.1, 0.15) is 16.7 Å². The molecule has 2 aromatic heterocycles. The van der Waals surface area contributed by atoms with Crippen LogP contribution in [-0.4, -0.2) is 46.3 Å². The van der Waals surface area contributed by atoms with Crippen LogP contribution >= 0.6 is 0 Å². The van der Waals surface area contributed by atoms with Gasteiger partial charge in [0.15, 0.2) is 5.96 Å². The van der Waals surface area contributed by atoms with Gasteiger partial charge in [0.05, 0.1) is 11.9 Å². The average Bonchev–Trinajstić information content (AvgIpc) is 3.15. The van der Waals surface area contributed by atoms with Gasteiger partial charge in [-0.1, -0.05) is 18.2 Å². The Labute approximate surface area is 160 Å². The molecular weight excluding hydrogens is 336 g/mol. The minimum atomic E-state index is 0.737. The van der Waals surface area contributed by atoms with Crippen molar-refractivity contribution in [1.82, 2.24) is 25.0 Å². The summed E-state index contributed by atoms with van der Waals surface area (Å²) in [6.07, 6.45) is 8.64. The first-order chi connectivity index (χ1) is 13.2. The monoisotopic (exact) mass is 362 g/mol. The van der Waals surface area contributed by atoms with E-state index in [1.807, 2.05) is 67.7 Å². The lowest BCUT2D eigenvalue weighted by atomic mass is 10.1. The van der Waals surface area contributed by atoms with Crippen LogP contribution in [0.15, 0.2) is 66.2 Å². The van der Waals surface area contributed by atoms with E-state index in [0.717, 1.165) is 36.7 Å². The van der Waals surface area contributed by atoms with Crippen molar-refractivity contribution in [2.75, 3.05) is 20.6 Å². The molecular formula is C21H26N6. The van der Waals surface area contributed by atoms with Gasteiger partial charge in [0.1, 0.15) is 0 Å². The minimum absolute atomic E-state index is 0.737. The van der Waals surface area contributed by atoms with E-state index in [0.29, 0.717) is 0 Å². The molecule has 1 aromatic carbocycles. The zero-order chi connectivity index (χ0) is 19.1. The van der Waals surface area contributed by atoms with E-state index in [1.165, 1.54) is 11.1 Å². The van der Waals surface area contributed by atoms with E-state index >= 15 is 0 Å². The molecule has 1 N–H and O–H groups in total. The van der Waals surface area contributed by atoms with E-state index in [2.05, 4.69) is 44.5 Å². The quantitative estimate of drug-likeness (QED) is 0.541. The van der Waals surface area contributed by atoms with Crippen molar-refractivity contribution in [2.24, 2.45) is 4.99 Å². The fourth-order valence-corrected chi connectivity index (χ4v) is 2.99. The smallest absolute Gasteiger partial charge is 0.193 e. The van der Waals surface area contributed by atoms with Crippen LogP contribution in [0.25, 0.3) is 5.69 Å². The van der Waals surface area contributed by atoms with Crippen molar-refractivity contribution in [3.8, 4) is 5.69 Å². The number of hydrogen-bond acceptors (Lipinski definition) is 3. The molecule has 27 heavy (non-hydrogen) atoms. The lowest BCUT2D eigenvalue weighted by Crippen LogP contribution is -2.39. The summed E-state index contributed by atoms with van der Waals surface area (Å²) in [7, 11) is 3.84. The molecule has 140 valence electrons. The highest BCUT2D eigenvalue weighted by Gasteiger charge is 2.09. The molecule has 0 atom stereocenters. The number of benzene rings is 1. The minimum Gasteiger partial charge on any atom is -0.356 e. The summed E-state index contributed by atoms with van der Waals surface area (Å²) >= 11 is 0. The lowest BCUT2D eigenvalue weighted by Gasteiger charge is -2.21. The van der Waals surface area contributed by atoms with Crippen LogP contribution in [0.2, 0.25) is 0 Å². The van der Waals surface area contributed by atoms with Gasteiger partial charge in [0.25, 0.3) is 0 Å². The number of nitrogens with one attached hydrogen (secondary N) is 1. The van der Waals surface area contributed by atoms with Crippen LogP contribution in [0, 0.1) is 6.92 Å². The highest BCUT2D eigenvalue weighted by molar-refractivity contribution is 5.79. The molecule has 0 aliphatic carbocycles. The number of aryl methyl sites for hydroxylation is 1. The van der Waals surface area contributed by atoms with Crippen LogP contribution in [-0.2, 0) is 13.0 Å². The number of nitrogens with zero attached hydrogens (tertiary/aromatic N) is 5. The number of guanidine groups is 1. The zero-order valence-corrected chi connectivity index (χ0v) is 16.1. The molecule has 0 amide bonds. The third-order valence-corrected chi connectivity index (χ3v) is 4.46. The van der Waals surface area contributed by atoms with Gasteiger partial charge in [0.2, 0.25) is 0 Å². The van der Waals surface area contributed by atoms with E-state index in [9.17, 15) is 0 Å². The van der Waals surface area contributed by atoms with Gasteiger partial charge in [-0.05, 0) is 42.7 Å². The van der Waals surface area contributed by atoms with Gasteiger partial charge < -0.3 is 10.2 Å². The maximum atomic E-state index is 4.46. The normalized spacial score (nSPS) is 11.4. The van der Waals surface area contributed by atoms with E-state index in [1.54, 1.807) is 0 Å². The second kappa shape index (κ2) is 8.98. The van der Waals surface area contributed by atoms with Crippen molar-refractivity contribution in [1.29, 1.82) is 0 Å². The molecule has 0 spiro atoms. The summed E-state index contributed by atoms with van der Waals surface area (Å²) in [4.78, 5) is 10.6. The first-order valence-electron chi connectivity index (χ1n) is 9.07. The van der Waals surface area contributed by atoms with Gasteiger partial charge >= 0.3 is 0 Å². The van der Waals surface area contributed by atoms with Crippen molar-refractivity contribution in [3.63, 3.8) is 0 Å². The Balaban J connectivity index is 1.55. The lowest BCUT2D eigenvalue weighted by molar-refractivity contribution is 0.477. The first-order valence-corrected chi connectivity index (χ1v) is 9.07. The molecule has 6 nitrogen and oxygen atoms in total. The zero-order valence-electron chi connectivity index (χ0n) is 16.1. The number of hydrogen-bond donors (Lipinski definition) is 1. The predicted octanol–water partition coefficient (Wildman–Crippen LogP) is 2.83. The van der Waals surface area contributed by atoms with E-state index < -0.39 is 0 Å². The third-order valence-electron chi connectivity index (χ3n) is 4.46. The molecule has 0 unspecified atom stereocenters. The maximum Gasteiger partial charge on any atom is 0.193 e. The maximum absolute atomic E-state index is 4.46. The SMILES string of the molecule is CN=C(NCCc1ccncc1C)N(C)Cc1cnn(-c2ccccc2)c1. The average molecular weight is 362 g/mol. The summed E-state index contributed by atoms with van der Waals surface area (Å²) < 4.78 is 1.89. The highest BCUT2D eigenvalue weighted by Crippen LogP contribution is 2.09. The van der Waals surface area contributed by atoms with Gasteiger partial charge in [0, 0.05) is 51.3 Å². The largest absolute Gasteiger partial charge is 0.356 e. The van der Waals surface area contributed by atoms with Crippen LogP contribution in [0.4, 0.5) is 0 Å². The Morgan fingerprint density at radius 2 is 2.00 bits per heavy atom. The molecule has 2 heterocycles. The number of aromatic nitrogens is 3.